The highest BCUT2D eigenvalue weighted by atomic mass is 79.9. The number of hydrogen-bond donors (Lipinski definition) is 1. The molecule has 3 unspecified atom stereocenters. The van der Waals surface area contributed by atoms with E-state index in [0.717, 1.165) is 35.3 Å². The Labute approximate surface area is 162 Å². The maximum Gasteiger partial charge on any atom is 0.161 e. The lowest BCUT2D eigenvalue weighted by molar-refractivity contribution is -0.124. The van der Waals surface area contributed by atoms with E-state index in [-0.39, 0.29) is 16.6 Å². The monoisotopic (exact) mass is 417 g/mol. The molecule has 1 aromatic rings. The molecule has 138 valence electrons. The molecule has 4 aliphatic carbocycles. The van der Waals surface area contributed by atoms with Gasteiger partial charge in [-0.2, -0.15) is 0 Å². The zero-order valence-electron chi connectivity index (χ0n) is 15.1. The van der Waals surface area contributed by atoms with Crippen molar-refractivity contribution in [1.82, 2.24) is 4.90 Å². The molecule has 1 N–H and O–H groups in total. The summed E-state index contributed by atoms with van der Waals surface area (Å²) in [4.78, 5) is 15.2. The molecule has 0 amide bonds. The van der Waals surface area contributed by atoms with Crippen molar-refractivity contribution in [3.63, 3.8) is 0 Å². The number of hydrogen-bond acceptors (Lipinski definition) is 4. The van der Waals surface area contributed by atoms with E-state index in [1.54, 1.807) is 7.11 Å². The third-order valence-corrected chi connectivity index (χ3v) is 8.66. The fourth-order valence-corrected chi connectivity index (χ4v) is 8.00. The molecule has 2 spiro atoms. The van der Waals surface area contributed by atoms with Gasteiger partial charge in [0, 0.05) is 52.8 Å². The minimum Gasteiger partial charge on any atom is -0.504 e. The highest BCUT2D eigenvalue weighted by Crippen LogP contribution is 2.75. The molecule has 1 aromatic carbocycles. The van der Waals surface area contributed by atoms with Crippen LogP contribution in [0.3, 0.4) is 0 Å². The van der Waals surface area contributed by atoms with Gasteiger partial charge in [-0.05, 0) is 49.1 Å². The van der Waals surface area contributed by atoms with Crippen molar-refractivity contribution < 1.29 is 14.6 Å². The minimum absolute atomic E-state index is 0.113. The van der Waals surface area contributed by atoms with Gasteiger partial charge in [0.15, 0.2) is 11.5 Å². The Morgan fingerprint density at radius 1 is 1.31 bits per heavy atom. The lowest BCUT2D eigenvalue weighted by Crippen LogP contribution is -2.68. The second-order valence-electron chi connectivity index (χ2n) is 9.33. The highest BCUT2D eigenvalue weighted by molar-refractivity contribution is 9.10. The topological polar surface area (TPSA) is 49.8 Å². The summed E-state index contributed by atoms with van der Waals surface area (Å²) in [7, 11) is 1.60. The van der Waals surface area contributed by atoms with E-state index in [4.69, 9.17) is 4.74 Å². The fourth-order valence-electron chi connectivity index (χ4n) is 7.20. The van der Waals surface area contributed by atoms with Gasteiger partial charge in [-0.3, -0.25) is 9.69 Å². The molecule has 4 nitrogen and oxygen atoms in total. The van der Waals surface area contributed by atoms with E-state index in [1.807, 2.05) is 6.07 Å². The van der Waals surface area contributed by atoms with Gasteiger partial charge in [0.1, 0.15) is 5.78 Å². The Morgan fingerprint density at radius 3 is 2.85 bits per heavy atom. The Morgan fingerprint density at radius 2 is 2.12 bits per heavy atom. The number of benzene rings is 1. The third kappa shape index (κ3) is 1.68. The molecular weight excluding hydrogens is 394 g/mol. The van der Waals surface area contributed by atoms with Gasteiger partial charge in [-0.25, -0.2) is 0 Å². The van der Waals surface area contributed by atoms with Crippen molar-refractivity contribution >= 4 is 21.7 Å². The van der Waals surface area contributed by atoms with E-state index in [0.29, 0.717) is 36.3 Å². The summed E-state index contributed by atoms with van der Waals surface area (Å²) in [6, 6.07) is 2.47. The second-order valence-corrected chi connectivity index (χ2v) is 10.2. The van der Waals surface area contributed by atoms with Crippen molar-refractivity contribution in [1.29, 1.82) is 0 Å². The number of likely N-dealkylation sites (tertiary alicyclic amines) is 1. The summed E-state index contributed by atoms with van der Waals surface area (Å²) < 4.78 is 6.49. The van der Waals surface area contributed by atoms with Gasteiger partial charge in [-0.15, -0.1) is 0 Å². The summed E-state index contributed by atoms with van der Waals surface area (Å²) >= 11 is 3.79. The van der Waals surface area contributed by atoms with Crippen molar-refractivity contribution in [3.05, 3.63) is 21.7 Å². The summed E-state index contributed by atoms with van der Waals surface area (Å²) in [6.07, 6.45) is 6.05. The Hall–Kier alpha value is -1.07. The number of phenols is 1. The molecule has 0 radical (unpaired) electrons. The van der Waals surface area contributed by atoms with Crippen LogP contribution in [0.25, 0.3) is 0 Å². The zero-order valence-corrected chi connectivity index (χ0v) is 16.6. The number of carbonyl (C=O) groups is 1. The van der Waals surface area contributed by atoms with Crippen molar-refractivity contribution in [3.8, 4) is 11.5 Å². The summed E-state index contributed by atoms with van der Waals surface area (Å²) in [5, 5.41) is 11.1. The normalized spacial score (nSPS) is 40.0. The van der Waals surface area contributed by atoms with Gasteiger partial charge in [-0.1, -0.05) is 15.9 Å². The van der Waals surface area contributed by atoms with Gasteiger partial charge < -0.3 is 9.84 Å². The number of ketones is 1. The van der Waals surface area contributed by atoms with E-state index in [2.05, 4.69) is 20.8 Å². The van der Waals surface area contributed by atoms with Crippen molar-refractivity contribution in [2.45, 2.75) is 55.4 Å². The smallest absolute Gasteiger partial charge is 0.161 e. The predicted octanol–water partition coefficient (Wildman–Crippen LogP) is 3.52. The lowest BCUT2D eigenvalue weighted by atomic mass is 9.58. The first-order valence-electron chi connectivity index (χ1n) is 9.86. The van der Waals surface area contributed by atoms with Crippen LogP contribution in [0.1, 0.15) is 49.7 Å². The van der Waals surface area contributed by atoms with Crippen LogP contribution >= 0.6 is 15.9 Å². The molecule has 5 aliphatic rings. The summed E-state index contributed by atoms with van der Waals surface area (Å²) in [6.45, 7) is 2.31. The molecule has 5 heteroatoms. The van der Waals surface area contributed by atoms with E-state index < -0.39 is 0 Å². The largest absolute Gasteiger partial charge is 0.504 e. The number of rotatable bonds is 3. The molecule has 0 aromatic heterocycles. The summed E-state index contributed by atoms with van der Waals surface area (Å²) in [5.74, 6) is 2.54. The van der Waals surface area contributed by atoms with Crippen LogP contribution in [0, 0.1) is 11.8 Å². The standard InChI is InChI=1S/C21H24BrNO3/c1-26-15-6-14(22)16-17(18(15)25)20-7-12(24)4-5-13(20)19-21(16,9-20)10-23(19)8-11-2-3-11/h6,11,13,19,25H,2-5,7-10H2,1H3/t13?,19?,20-,21?/m0/s1. The SMILES string of the molecule is COc1cc(Br)c2c(c1O)[C@]13CC(=O)CCC1C1N(CC4CC4)CC21C3. The van der Waals surface area contributed by atoms with Crippen LogP contribution < -0.4 is 4.74 Å². The second kappa shape index (κ2) is 4.85. The molecule has 1 saturated heterocycles. The van der Waals surface area contributed by atoms with E-state index in [1.165, 1.54) is 24.9 Å². The van der Waals surface area contributed by atoms with Crippen molar-refractivity contribution in [2.24, 2.45) is 11.8 Å². The third-order valence-electron chi connectivity index (χ3n) is 8.04. The fraction of sp³-hybridized carbons (Fsp3) is 0.667. The first kappa shape index (κ1) is 15.9. The molecule has 1 heterocycles. The van der Waals surface area contributed by atoms with Crippen LogP contribution in [0.2, 0.25) is 0 Å². The first-order chi connectivity index (χ1) is 12.5. The number of aromatic hydroxyl groups is 1. The van der Waals surface area contributed by atoms with Gasteiger partial charge in [0.05, 0.1) is 7.11 Å². The van der Waals surface area contributed by atoms with Crippen LogP contribution in [0.5, 0.6) is 11.5 Å². The molecule has 4 fully saturated rings. The number of methoxy groups -OCH3 is 1. The molecule has 26 heavy (non-hydrogen) atoms. The lowest BCUT2D eigenvalue weighted by Gasteiger charge is -2.59. The average Bonchev–Trinajstić information content (AvgIpc) is 3.31. The number of Topliss-reactive ketones (excluding diaryl/α,β-unsaturated/α-hetero) is 1. The molecule has 2 bridgehead atoms. The highest BCUT2D eigenvalue weighted by Gasteiger charge is 2.76. The molecule has 6 rings (SSSR count). The molecule has 4 atom stereocenters. The average molecular weight is 418 g/mol. The Kier molecular flexibility index (Phi) is 2.97. The molecule has 3 saturated carbocycles. The molecular formula is C21H24BrNO3. The molecule has 1 aliphatic heterocycles. The Bertz CT molecular complexity index is 850. The van der Waals surface area contributed by atoms with Gasteiger partial charge in [0.2, 0.25) is 0 Å². The number of carbonyl (C=O) groups excluding carboxylic acids is 1. The maximum absolute atomic E-state index is 12.5. The Balaban J connectivity index is 1.55. The van der Waals surface area contributed by atoms with Crippen molar-refractivity contribution in [2.75, 3.05) is 20.2 Å². The quantitative estimate of drug-likeness (QED) is 0.816. The minimum atomic E-state index is -0.186. The van der Waals surface area contributed by atoms with Gasteiger partial charge in [0.25, 0.3) is 0 Å². The predicted molar refractivity (Wildman–Crippen MR) is 101 cm³/mol. The number of halogens is 1. The number of phenolic OH excluding ortho intramolecular Hbond substituents is 1. The van der Waals surface area contributed by atoms with Crippen LogP contribution in [-0.4, -0.2) is 42.0 Å². The van der Waals surface area contributed by atoms with Crippen LogP contribution in [0.15, 0.2) is 10.5 Å². The number of ether oxygens (including phenoxy) is 1. The van der Waals surface area contributed by atoms with E-state index in [9.17, 15) is 9.90 Å². The van der Waals surface area contributed by atoms with Crippen LogP contribution in [-0.2, 0) is 15.6 Å². The first-order valence-corrected chi connectivity index (χ1v) is 10.7. The number of nitrogens with zero attached hydrogens (tertiary/aromatic N) is 1. The van der Waals surface area contributed by atoms with E-state index >= 15 is 0 Å². The maximum atomic E-state index is 12.5. The zero-order chi connectivity index (χ0) is 17.8. The summed E-state index contributed by atoms with van der Waals surface area (Å²) in [5.41, 5.74) is 2.24. The van der Waals surface area contributed by atoms with Gasteiger partial charge >= 0.3 is 0 Å². The number of fused-ring (bicyclic) bond motifs is 2. The van der Waals surface area contributed by atoms with Crippen LogP contribution in [0.4, 0.5) is 0 Å².